The van der Waals surface area contributed by atoms with Crippen LogP contribution in [0.15, 0.2) is 18.3 Å². The van der Waals surface area contributed by atoms with Crippen LogP contribution in [0.1, 0.15) is 47.3 Å². The number of anilines is 1. The summed E-state index contributed by atoms with van der Waals surface area (Å²) in [5.41, 5.74) is 0.723. The van der Waals surface area contributed by atoms with E-state index in [2.05, 4.69) is 15.6 Å². The Morgan fingerprint density at radius 2 is 1.79 bits per heavy atom. The van der Waals surface area contributed by atoms with Gasteiger partial charge < -0.3 is 10.6 Å². The van der Waals surface area contributed by atoms with Crippen molar-refractivity contribution in [1.82, 2.24) is 10.3 Å². The third-order valence-corrected chi connectivity index (χ3v) is 5.75. The van der Waals surface area contributed by atoms with Gasteiger partial charge in [-0.25, -0.2) is 13.2 Å². The highest BCUT2D eigenvalue weighted by atomic mass is 35.5. The van der Waals surface area contributed by atoms with Gasteiger partial charge in [0, 0.05) is 23.8 Å². The Kier molecular flexibility index (Phi) is 6.67. The molecule has 0 radical (unpaired) electrons. The lowest BCUT2D eigenvalue weighted by atomic mass is 9.86. The highest BCUT2D eigenvalue weighted by Gasteiger charge is 2.29. The molecule has 0 bridgehead atoms. The van der Waals surface area contributed by atoms with E-state index in [4.69, 9.17) is 11.6 Å². The Bertz CT molecular complexity index is 868. The first kappa shape index (κ1) is 21.4. The molecule has 1 fully saturated rings. The van der Waals surface area contributed by atoms with Crippen LogP contribution in [0, 0.1) is 37.2 Å². The molecular weight excluding hydrogens is 403 g/mol. The first-order valence-corrected chi connectivity index (χ1v) is 9.95. The van der Waals surface area contributed by atoms with Crippen molar-refractivity contribution in [2.75, 3.05) is 11.9 Å². The van der Waals surface area contributed by atoms with Gasteiger partial charge in [0.05, 0.1) is 22.5 Å². The monoisotopic (exact) mass is 425 g/mol. The minimum absolute atomic E-state index is 0.163. The van der Waals surface area contributed by atoms with Crippen LogP contribution in [0.3, 0.4) is 0 Å². The third-order valence-electron chi connectivity index (χ3n) is 5.40. The van der Waals surface area contributed by atoms with Crippen LogP contribution in [-0.4, -0.2) is 23.5 Å². The van der Waals surface area contributed by atoms with Crippen LogP contribution in [0.2, 0.25) is 5.02 Å². The fraction of sp³-hybridized carbons (Fsp3) is 0.429. The molecule has 1 amide bonds. The molecule has 1 aliphatic rings. The number of nitrogens with zero attached hydrogens (tertiary/aromatic N) is 1. The number of aryl methyl sites for hydroxylation is 1. The summed E-state index contributed by atoms with van der Waals surface area (Å²) in [7, 11) is 0. The number of aromatic nitrogens is 1. The second kappa shape index (κ2) is 9.03. The molecule has 2 N–H and O–H groups in total. The highest BCUT2D eigenvalue weighted by molar-refractivity contribution is 6.34. The standard InChI is InChI=1S/C21H23ClF3N3O/c1-11-3-6-15(10-26-11)27-9-13-4-7-14(8-5-13)28-21(29)16-17(22)20(25)19(24)12(2)18(16)23/h3,6,10,13-14,27H,4-5,7-9H2,1-2H3,(H,28,29). The summed E-state index contributed by atoms with van der Waals surface area (Å²) in [6.07, 6.45) is 4.98. The number of hydrogen-bond donors (Lipinski definition) is 2. The molecule has 3 rings (SSSR count). The third kappa shape index (κ3) is 4.83. The van der Waals surface area contributed by atoms with Crippen molar-refractivity contribution in [2.45, 2.75) is 45.6 Å². The largest absolute Gasteiger partial charge is 0.384 e. The normalized spacial score (nSPS) is 19.1. The van der Waals surface area contributed by atoms with Gasteiger partial charge in [0.1, 0.15) is 5.82 Å². The van der Waals surface area contributed by atoms with Crippen LogP contribution < -0.4 is 10.6 Å². The van der Waals surface area contributed by atoms with E-state index in [0.717, 1.165) is 37.7 Å². The fourth-order valence-electron chi connectivity index (χ4n) is 3.55. The molecule has 0 atom stereocenters. The lowest BCUT2D eigenvalue weighted by molar-refractivity contribution is 0.0918. The van der Waals surface area contributed by atoms with Crippen molar-refractivity contribution >= 4 is 23.2 Å². The Morgan fingerprint density at radius 3 is 2.41 bits per heavy atom. The molecule has 8 heteroatoms. The summed E-state index contributed by atoms with van der Waals surface area (Å²) >= 11 is 5.69. The Balaban J connectivity index is 1.54. The van der Waals surface area contributed by atoms with Crippen molar-refractivity contribution in [3.8, 4) is 0 Å². The van der Waals surface area contributed by atoms with Crippen molar-refractivity contribution in [3.05, 3.63) is 57.6 Å². The summed E-state index contributed by atoms with van der Waals surface area (Å²) in [4.78, 5) is 16.7. The molecule has 0 saturated heterocycles. The maximum absolute atomic E-state index is 14.3. The first-order chi connectivity index (χ1) is 13.8. The zero-order valence-electron chi connectivity index (χ0n) is 16.3. The Hall–Kier alpha value is -2.28. The molecule has 1 heterocycles. The van der Waals surface area contributed by atoms with Gasteiger partial charge in [-0.1, -0.05) is 11.6 Å². The second-order valence-corrected chi connectivity index (χ2v) is 7.89. The van der Waals surface area contributed by atoms with Gasteiger partial charge in [-0.15, -0.1) is 0 Å². The zero-order valence-corrected chi connectivity index (χ0v) is 17.0. The molecule has 29 heavy (non-hydrogen) atoms. The van der Waals surface area contributed by atoms with Gasteiger partial charge in [-0.3, -0.25) is 9.78 Å². The summed E-state index contributed by atoms with van der Waals surface area (Å²) in [5, 5.41) is 5.24. The average Bonchev–Trinajstić information content (AvgIpc) is 2.71. The number of rotatable bonds is 5. The number of pyridine rings is 1. The predicted octanol–water partition coefficient (Wildman–Crippen LogP) is 5.17. The van der Waals surface area contributed by atoms with Crippen LogP contribution >= 0.6 is 11.6 Å². The second-order valence-electron chi connectivity index (χ2n) is 7.52. The summed E-state index contributed by atoms with van der Waals surface area (Å²) in [5.74, 6) is -4.29. The number of halogens is 4. The first-order valence-electron chi connectivity index (χ1n) is 9.57. The van der Waals surface area contributed by atoms with Crippen LogP contribution in [-0.2, 0) is 0 Å². The van der Waals surface area contributed by atoms with E-state index in [1.165, 1.54) is 0 Å². The van der Waals surface area contributed by atoms with Crippen LogP contribution in [0.4, 0.5) is 18.9 Å². The van der Waals surface area contributed by atoms with E-state index >= 15 is 0 Å². The molecule has 1 aromatic heterocycles. The molecule has 1 aliphatic carbocycles. The maximum atomic E-state index is 14.3. The summed E-state index contributed by atoms with van der Waals surface area (Å²) in [6.45, 7) is 3.80. The number of carbonyl (C=O) groups excluding carboxylic acids is 1. The van der Waals surface area contributed by atoms with Gasteiger partial charge in [0.25, 0.3) is 5.91 Å². The summed E-state index contributed by atoms with van der Waals surface area (Å²) < 4.78 is 41.7. The van der Waals surface area contributed by atoms with Crippen molar-refractivity contribution in [1.29, 1.82) is 0 Å². The number of nitrogens with one attached hydrogen (secondary N) is 2. The molecule has 0 unspecified atom stereocenters. The van der Waals surface area contributed by atoms with Crippen LogP contribution in [0.25, 0.3) is 0 Å². The molecule has 156 valence electrons. The Labute approximate surface area is 172 Å². The van der Waals surface area contributed by atoms with Gasteiger partial charge in [-0.2, -0.15) is 0 Å². The average molecular weight is 426 g/mol. The lowest BCUT2D eigenvalue weighted by Crippen LogP contribution is -2.39. The number of hydrogen-bond acceptors (Lipinski definition) is 3. The molecule has 1 aromatic carbocycles. The van der Waals surface area contributed by atoms with Gasteiger partial charge in [0.15, 0.2) is 11.6 Å². The minimum atomic E-state index is -1.41. The van der Waals surface area contributed by atoms with Crippen molar-refractivity contribution < 1.29 is 18.0 Å². The predicted molar refractivity (Wildman–Crippen MR) is 107 cm³/mol. The van der Waals surface area contributed by atoms with Gasteiger partial charge in [-0.05, 0) is 57.6 Å². The van der Waals surface area contributed by atoms with E-state index in [1.807, 2.05) is 19.1 Å². The highest BCUT2D eigenvalue weighted by Crippen LogP contribution is 2.30. The zero-order chi connectivity index (χ0) is 21.1. The molecular formula is C21H23ClF3N3O. The number of carbonyl (C=O) groups is 1. The quantitative estimate of drug-likeness (QED) is 0.513. The number of amides is 1. The SMILES string of the molecule is Cc1ccc(NCC2CCC(NC(=O)c3c(F)c(C)c(F)c(F)c3Cl)CC2)cn1. The molecule has 4 nitrogen and oxygen atoms in total. The minimum Gasteiger partial charge on any atom is -0.384 e. The molecule has 2 aromatic rings. The maximum Gasteiger partial charge on any atom is 0.256 e. The van der Waals surface area contributed by atoms with Crippen molar-refractivity contribution in [2.24, 2.45) is 5.92 Å². The fourth-order valence-corrected chi connectivity index (χ4v) is 3.81. The van der Waals surface area contributed by atoms with E-state index < -0.39 is 39.5 Å². The van der Waals surface area contributed by atoms with E-state index in [9.17, 15) is 18.0 Å². The molecule has 0 spiro atoms. The van der Waals surface area contributed by atoms with Gasteiger partial charge >= 0.3 is 0 Å². The smallest absolute Gasteiger partial charge is 0.256 e. The van der Waals surface area contributed by atoms with E-state index in [-0.39, 0.29) is 6.04 Å². The Morgan fingerprint density at radius 1 is 1.10 bits per heavy atom. The summed E-state index contributed by atoms with van der Waals surface area (Å²) in [6, 6.07) is 3.76. The van der Waals surface area contributed by atoms with Crippen molar-refractivity contribution in [3.63, 3.8) is 0 Å². The van der Waals surface area contributed by atoms with Gasteiger partial charge in [0.2, 0.25) is 0 Å². The van der Waals surface area contributed by atoms with Crippen LogP contribution in [0.5, 0.6) is 0 Å². The van der Waals surface area contributed by atoms with E-state index in [0.29, 0.717) is 18.8 Å². The lowest BCUT2D eigenvalue weighted by Gasteiger charge is -2.29. The topological polar surface area (TPSA) is 54.0 Å². The molecule has 1 saturated carbocycles. The molecule has 0 aliphatic heterocycles. The van der Waals surface area contributed by atoms with E-state index in [1.54, 1.807) is 6.20 Å². The number of benzene rings is 1.